The van der Waals surface area contributed by atoms with Crippen molar-refractivity contribution in [3.8, 4) is 0 Å². The smallest absolute Gasteiger partial charge is 0.350 e. The predicted octanol–water partition coefficient (Wildman–Crippen LogP) is 3.39. The first-order valence-electron chi connectivity index (χ1n) is 8.72. The van der Waals surface area contributed by atoms with Crippen LogP contribution in [0, 0.1) is 6.92 Å². The third-order valence-corrected chi connectivity index (χ3v) is 4.77. The van der Waals surface area contributed by atoms with E-state index in [1.165, 1.54) is 6.07 Å². The molecule has 1 aliphatic heterocycles. The summed E-state index contributed by atoms with van der Waals surface area (Å²) >= 11 is 0. The van der Waals surface area contributed by atoms with Crippen molar-refractivity contribution in [2.75, 3.05) is 11.4 Å². The summed E-state index contributed by atoms with van der Waals surface area (Å²) in [6.45, 7) is 2.01. The Morgan fingerprint density at radius 1 is 1.03 bits per heavy atom. The molecule has 0 saturated heterocycles. The second kappa shape index (κ2) is 6.67. The standard InChI is InChI=1S/C18H13F6N5O/c1-9-4-14-26-13(18(22,23)24)6-15(30)29(14)27-16(9)28-3-2-12-10(8-28)5-11(7-25-12)17(19,20)21/h4-7H,2-3,8H2,1H3. The molecule has 1 aliphatic rings. The lowest BCUT2D eigenvalue weighted by atomic mass is 10.0. The van der Waals surface area contributed by atoms with Crippen LogP contribution in [-0.2, 0) is 25.3 Å². The summed E-state index contributed by atoms with van der Waals surface area (Å²) < 4.78 is 78.4. The number of rotatable bonds is 1. The van der Waals surface area contributed by atoms with Crippen molar-refractivity contribution in [3.63, 3.8) is 0 Å². The van der Waals surface area contributed by atoms with E-state index in [9.17, 15) is 31.1 Å². The van der Waals surface area contributed by atoms with E-state index in [0.29, 0.717) is 35.9 Å². The Morgan fingerprint density at radius 2 is 1.77 bits per heavy atom. The fraction of sp³-hybridized carbons (Fsp3) is 0.333. The molecule has 0 aliphatic carbocycles. The number of halogens is 6. The third-order valence-electron chi connectivity index (χ3n) is 4.77. The lowest BCUT2D eigenvalue weighted by molar-refractivity contribution is -0.141. The molecule has 0 amide bonds. The van der Waals surface area contributed by atoms with Crippen molar-refractivity contribution < 1.29 is 26.3 Å². The van der Waals surface area contributed by atoms with Gasteiger partial charge in [0.25, 0.3) is 5.56 Å². The number of anilines is 1. The van der Waals surface area contributed by atoms with Crippen molar-refractivity contribution in [2.45, 2.75) is 32.2 Å². The molecule has 3 aromatic rings. The first kappa shape index (κ1) is 20.1. The molecule has 0 saturated carbocycles. The van der Waals surface area contributed by atoms with E-state index < -0.39 is 29.2 Å². The van der Waals surface area contributed by atoms with Crippen LogP contribution in [0.15, 0.2) is 29.2 Å². The first-order valence-corrected chi connectivity index (χ1v) is 8.72. The van der Waals surface area contributed by atoms with Crippen LogP contribution in [0.1, 0.15) is 28.1 Å². The molecular weight excluding hydrogens is 416 g/mol. The van der Waals surface area contributed by atoms with Crippen molar-refractivity contribution >= 4 is 11.5 Å². The maximum absolute atomic E-state index is 13.0. The van der Waals surface area contributed by atoms with Gasteiger partial charge in [0, 0.05) is 37.5 Å². The molecule has 0 aromatic carbocycles. The molecule has 6 nitrogen and oxygen atoms in total. The van der Waals surface area contributed by atoms with E-state index in [4.69, 9.17) is 0 Å². The Morgan fingerprint density at radius 3 is 2.43 bits per heavy atom. The minimum atomic E-state index is -4.78. The number of fused-ring (bicyclic) bond motifs is 2. The van der Waals surface area contributed by atoms with Crippen LogP contribution in [0.25, 0.3) is 5.65 Å². The molecule has 0 fully saturated rings. The highest BCUT2D eigenvalue weighted by molar-refractivity contribution is 5.54. The largest absolute Gasteiger partial charge is 0.433 e. The van der Waals surface area contributed by atoms with E-state index in [0.717, 1.165) is 16.8 Å². The molecule has 30 heavy (non-hydrogen) atoms. The van der Waals surface area contributed by atoms with Gasteiger partial charge in [0.15, 0.2) is 17.2 Å². The topological polar surface area (TPSA) is 63.4 Å². The van der Waals surface area contributed by atoms with Gasteiger partial charge in [-0.3, -0.25) is 9.78 Å². The average molecular weight is 429 g/mol. The summed E-state index contributed by atoms with van der Waals surface area (Å²) in [6.07, 6.45) is -8.17. The van der Waals surface area contributed by atoms with Gasteiger partial charge >= 0.3 is 12.4 Å². The zero-order valence-electron chi connectivity index (χ0n) is 15.3. The van der Waals surface area contributed by atoms with Crippen molar-refractivity contribution in [1.82, 2.24) is 19.6 Å². The van der Waals surface area contributed by atoms with Crippen molar-refractivity contribution in [3.05, 3.63) is 62.8 Å². The summed E-state index contributed by atoms with van der Waals surface area (Å²) in [4.78, 5) is 21.2. The molecule has 0 N–H and O–H groups in total. The molecule has 3 aromatic heterocycles. The maximum atomic E-state index is 13.0. The van der Waals surface area contributed by atoms with Crippen LogP contribution in [0.4, 0.5) is 32.2 Å². The van der Waals surface area contributed by atoms with Gasteiger partial charge < -0.3 is 4.90 Å². The van der Waals surface area contributed by atoms with Gasteiger partial charge in [0.05, 0.1) is 5.56 Å². The number of alkyl halides is 6. The Kier molecular flexibility index (Phi) is 4.47. The number of aryl methyl sites for hydroxylation is 1. The van der Waals surface area contributed by atoms with Crippen molar-refractivity contribution in [2.24, 2.45) is 0 Å². The molecule has 12 heteroatoms. The minimum absolute atomic E-state index is 0.0639. The van der Waals surface area contributed by atoms with Crippen LogP contribution >= 0.6 is 0 Å². The molecule has 0 atom stereocenters. The van der Waals surface area contributed by atoms with Gasteiger partial charge in [0.1, 0.15) is 0 Å². The summed E-state index contributed by atoms with van der Waals surface area (Å²) in [5.41, 5.74) is -2.13. The first-order chi connectivity index (χ1) is 13.9. The molecule has 0 spiro atoms. The lowest BCUT2D eigenvalue weighted by Gasteiger charge is -2.30. The van der Waals surface area contributed by atoms with E-state index in [1.54, 1.807) is 11.8 Å². The highest BCUT2D eigenvalue weighted by atomic mass is 19.4. The summed E-state index contributed by atoms with van der Waals surface area (Å²) in [5.74, 6) is 0.272. The number of pyridine rings is 1. The summed E-state index contributed by atoms with van der Waals surface area (Å²) in [7, 11) is 0. The highest BCUT2D eigenvalue weighted by Crippen LogP contribution is 2.32. The van der Waals surface area contributed by atoms with Crippen molar-refractivity contribution in [1.29, 1.82) is 0 Å². The van der Waals surface area contributed by atoms with Gasteiger partial charge in [-0.2, -0.15) is 30.9 Å². The van der Waals surface area contributed by atoms with E-state index >= 15 is 0 Å². The maximum Gasteiger partial charge on any atom is 0.433 e. The van der Waals surface area contributed by atoms with E-state index in [-0.39, 0.29) is 18.0 Å². The Labute approximate surface area is 164 Å². The molecule has 4 heterocycles. The van der Waals surface area contributed by atoms with Gasteiger partial charge in [-0.05, 0) is 30.2 Å². The highest BCUT2D eigenvalue weighted by Gasteiger charge is 2.34. The average Bonchev–Trinajstić information content (AvgIpc) is 2.65. The van der Waals surface area contributed by atoms with E-state index in [2.05, 4.69) is 15.1 Å². The SMILES string of the molecule is Cc1cc2nc(C(F)(F)F)cc(=O)n2nc1N1CCc2ncc(C(F)(F)F)cc2C1. The zero-order chi connectivity index (χ0) is 21.8. The van der Waals surface area contributed by atoms with Crippen LogP contribution < -0.4 is 10.5 Å². The fourth-order valence-electron chi connectivity index (χ4n) is 3.34. The minimum Gasteiger partial charge on any atom is -0.350 e. The van der Waals surface area contributed by atoms with Gasteiger partial charge in [-0.25, -0.2) is 4.98 Å². The van der Waals surface area contributed by atoms with Crippen LogP contribution in [0.2, 0.25) is 0 Å². The number of nitrogens with zero attached hydrogens (tertiary/aromatic N) is 5. The molecule has 0 bridgehead atoms. The number of aromatic nitrogens is 4. The monoisotopic (exact) mass is 429 g/mol. The zero-order valence-corrected chi connectivity index (χ0v) is 15.3. The second-order valence-electron chi connectivity index (χ2n) is 6.90. The third kappa shape index (κ3) is 3.57. The second-order valence-corrected chi connectivity index (χ2v) is 6.90. The summed E-state index contributed by atoms with van der Waals surface area (Å²) in [5, 5.41) is 4.12. The van der Waals surface area contributed by atoms with E-state index in [1.807, 2.05) is 0 Å². The normalized spacial score (nSPS) is 14.8. The predicted molar refractivity (Wildman–Crippen MR) is 93.0 cm³/mol. The van der Waals surface area contributed by atoms with Crippen LogP contribution in [0.3, 0.4) is 0 Å². The molecule has 158 valence electrons. The molecule has 0 radical (unpaired) electrons. The van der Waals surface area contributed by atoms with Gasteiger partial charge in [0.2, 0.25) is 0 Å². The summed E-state index contributed by atoms with van der Waals surface area (Å²) in [6, 6.07) is 2.66. The number of hydrogen-bond acceptors (Lipinski definition) is 5. The van der Waals surface area contributed by atoms with Crippen LogP contribution in [-0.4, -0.2) is 26.1 Å². The quantitative estimate of drug-likeness (QED) is 0.555. The molecule has 0 unspecified atom stereocenters. The fourth-order valence-corrected chi connectivity index (χ4v) is 3.34. The van der Waals surface area contributed by atoms with Gasteiger partial charge in [-0.1, -0.05) is 0 Å². The Bertz CT molecular complexity index is 1200. The lowest BCUT2D eigenvalue weighted by Crippen LogP contribution is -2.34. The number of hydrogen-bond donors (Lipinski definition) is 0. The Hall–Kier alpha value is -3.18. The van der Waals surface area contributed by atoms with Gasteiger partial charge in [-0.15, -0.1) is 5.10 Å². The molecular formula is C18H13F6N5O. The van der Waals surface area contributed by atoms with Crippen LogP contribution in [0.5, 0.6) is 0 Å². The Balaban J connectivity index is 1.75. The molecule has 4 rings (SSSR count).